The van der Waals surface area contributed by atoms with E-state index in [0.29, 0.717) is 0 Å². The van der Waals surface area contributed by atoms with E-state index in [9.17, 15) is 0 Å². The zero-order valence-electron chi connectivity index (χ0n) is 10.1. The molecule has 0 aliphatic heterocycles. The smallest absolute Gasteiger partial charge is 0.0661 e. The Morgan fingerprint density at radius 3 is 2.56 bits per heavy atom. The van der Waals surface area contributed by atoms with Gasteiger partial charge in [-0.2, -0.15) is 0 Å². The summed E-state index contributed by atoms with van der Waals surface area (Å²) in [6.07, 6.45) is 10.0. The van der Waals surface area contributed by atoms with Crippen molar-refractivity contribution in [2.75, 3.05) is 0 Å². The van der Waals surface area contributed by atoms with E-state index in [1.54, 1.807) is 0 Å². The molecule has 0 spiro atoms. The highest BCUT2D eigenvalue weighted by Gasteiger charge is 1.97. The predicted molar refractivity (Wildman–Crippen MR) is 71.1 cm³/mol. The van der Waals surface area contributed by atoms with Crippen molar-refractivity contribution >= 4 is 5.57 Å². The summed E-state index contributed by atoms with van der Waals surface area (Å²) in [6, 6.07) is 6.00. The average Bonchev–Trinajstić information content (AvgIpc) is 2.36. The molecule has 0 amide bonds. The Morgan fingerprint density at radius 2 is 2.06 bits per heavy atom. The molecule has 0 aliphatic carbocycles. The summed E-state index contributed by atoms with van der Waals surface area (Å²) in [5.41, 5.74) is 3.57. The van der Waals surface area contributed by atoms with Crippen LogP contribution in [0.25, 0.3) is 5.57 Å². The van der Waals surface area contributed by atoms with Gasteiger partial charge < -0.3 is 0 Å². The lowest BCUT2D eigenvalue weighted by Crippen LogP contribution is -1.86. The minimum Gasteiger partial charge on any atom is -0.257 e. The molecule has 16 heavy (non-hydrogen) atoms. The minimum atomic E-state index is 0.988. The Hall–Kier alpha value is -1.63. The van der Waals surface area contributed by atoms with Crippen LogP contribution in [0.3, 0.4) is 0 Å². The second kappa shape index (κ2) is 6.78. The Bertz CT molecular complexity index is 385. The largest absolute Gasteiger partial charge is 0.257 e. The van der Waals surface area contributed by atoms with E-state index in [4.69, 9.17) is 0 Å². The second-order valence-corrected chi connectivity index (χ2v) is 3.56. The first-order chi connectivity index (χ1) is 7.81. The third-order valence-corrected chi connectivity index (χ3v) is 2.54. The number of hydrogen-bond donors (Lipinski definition) is 0. The summed E-state index contributed by atoms with van der Waals surface area (Å²) in [4.78, 5) is 4.36. The lowest BCUT2D eigenvalue weighted by atomic mass is 10.1. The van der Waals surface area contributed by atoms with Crippen molar-refractivity contribution in [1.29, 1.82) is 0 Å². The maximum Gasteiger partial charge on any atom is 0.0661 e. The summed E-state index contributed by atoms with van der Waals surface area (Å²) >= 11 is 0. The third-order valence-electron chi connectivity index (χ3n) is 2.54. The summed E-state index contributed by atoms with van der Waals surface area (Å²) in [5, 5.41) is 0. The molecule has 1 heteroatoms. The Morgan fingerprint density at radius 1 is 1.25 bits per heavy atom. The Kier molecular flexibility index (Phi) is 5.27. The van der Waals surface area contributed by atoms with Gasteiger partial charge in [0, 0.05) is 6.20 Å². The van der Waals surface area contributed by atoms with Crippen LogP contribution >= 0.6 is 0 Å². The molecule has 0 N–H and O–H groups in total. The number of hydrogen-bond acceptors (Lipinski definition) is 1. The molecule has 1 aromatic heterocycles. The van der Waals surface area contributed by atoms with Crippen LogP contribution in [-0.4, -0.2) is 4.98 Å². The highest BCUT2D eigenvalue weighted by Crippen LogP contribution is 2.16. The van der Waals surface area contributed by atoms with Crippen molar-refractivity contribution in [2.45, 2.75) is 26.7 Å². The highest BCUT2D eigenvalue weighted by molar-refractivity contribution is 5.64. The molecule has 0 bridgehead atoms. The molecule has 0 saturated carbocycles. The number of rotatable bonds is 5. The summed E-state index contributed by atoms with van der Waals surface area (Å²) in [7, 11) is 0. The first-order valence-electron chi connectivity index (χ1n) is 5.75. The van der Waals surface area contributed by atoms with Gasteiger partial charge in [0.15, 0.2) is 0 Å². The molecule has 1 rings (SSSR count). The normalized spacial score (nSPS) is 12.6. The second-order valence-electron chi connectivity index (χ2n) is 3.56. The number of nitrogens with zero attached hydrogens (tertiary/aromatic N) is 1. The molecule has 0 saturated heterocycles. The van der Waals surface area contributed by atoms with Gasteiger partial charge in [0.2, 0.25) is 0 Å². The van der Waals surface area contributed by atoms with E-state index in [1.807, 2.05) is 30.5 Å². The van der Waals surface area contributed by atoms with Crippen molar-refractivity contribution in [3.05, 3.63) is 60.5 Å². The lowest BCUT2D eigenvalue weighted by Gasteiger charge is -2.02. The molecule has 1 heterocycles. The standard InChI is InChI=1S/C15H19N/c1-4-13(5-2)10-11-14(6-3)15-9-7-8-12-16-15/h4,7-12H,1,5-6H2,2-3H3/b13-10+,14-11+. The zero-order chi connectivity index (χ0) is 11.8. The number of aromatic nitrogens is 1. The Labute approximate surface area is 98.2 Å². The number of pyridine rings is 1. The van der Waals surface area contributed by atoms with Crippen molar-refractivity contribution in [3.63, 3.8) is 0 Å². The molecule has 0 atom stereocenters. The molecule has 1 nitrogen and oxygen atoms in total. The predicted octanol–water partition coefficient (Wildman–Crippen LogP) is 4.40. The quantitative estimate of drug-likeness (QED) is 0.661. The molecule has 0 aromatic carbocycles. The highest BCUT2D eigenvalue weighted by atomic mass is 14.7. The molecular formula is C15H19N. The molecule has 0 radical (unpaired) electrons. The summed E-state index contributed by atoms with van der Waals surface area (Å²) in [5.74, 6) is 0. The summed E-state index contributed by atoms with van der Waals surface area (Å²) in [6.45, 7) is 8.07. The van der Waals surface area contributed by atoms with Gasteiger partial charge in [-0.25, -0.2) is 0 Å². The number of allylic oxidation sites excluding steroid dienone is 5. The van der Waals surface area contributed by atoms with Gasteiger partial charge in [0.25, 0.3) is 0 Å². The van der Waals surface area contributed by atoms with Gasteiger partial charge in [-0.05, 0) is 36.1 Å². The summed E-state index contributed by atoms with van der Waals surface area (Å²) < 4.78 is 0. The van der Waals surface area contributed by atoms with Crippen LogP contribution in [0, 0.1) is 0 Å². The van der Waals surface area contributed by atoms with E-state index in [-0.39, 0.29) is 0 Å². The van der Waals surface area contributed by atoms with E-state index >= 15 is 0 Å². The van der Waals surface area contributed by atoms with Crippen LogP contribution in [0.1, 0.15) is 32.4 Å². The van der Waals surface area contributed by atoms with Crippen LogP contribution in [-0.2, 0) is 0 Å². The maximum absolute atomic E-state index is 4.36. The zero-order valence-corrected chi connectivity index (χ0v) is 10.1. The fraction of sp³-hybridized carbons (Fsp3) is 0.267. The van der Waals surface area contributed by atoms with Gasteiger partial charge in [-0.15, -0.1) is 0 Å². The van der Waals surface area contributed by atoms with Crippen molar-refractivity contribution in [3.8, 4) is 0 Å². The Balaban J connectivity index is 2.95. The van der Waals surface area contributed by atoms with Crippen LogP contribution in [0.4, 0.5) is 0 Å². The first kappa shape index (κ1) is 12.4. The monoisotopic (exact) mass is 213 g/mol. The van der Waals surface area contributed by atoms with Crippen LogP contribution in [0.2, 0.25) is 0 Å². The topological polar surface area (TPSA) is 12.9 Å². The molecule has 0 aliphatic rings. The van der Waals surface area contributed by atoms with Crippen molar-refractivity contribution in [2.24, 2.45) is 0 Å². The molecular weight excluding hydrogens is 194 g/mol. The molecule has 1 aromatic rings. The van der Waals surface area contributed by atoms with Crippen LogP contribution in [0.5, 0.6) is 0 Å². The van der Waals surface area contributed by atoms with Crippen molar-refractivity contribution < 1.29 is 0 Å². The minimum absolute atomic E-state index is 0.988. The fourth-order valence-electron chi connectivity index (χ4n) is 1.47. The fourth-order valence-corrected chi connectivity index (χ4v) is 1.47. The van der Waals surface area contributed by atoms with Crippen LogP contribution < -0.4 is 0 Å². The van der Waals surface area contributed by atoms with Gasteiger partial charge >= 0.3 is 0 Å². The van der Waals surface area contributed by atoms with Gasteiger partial charge in [0.1, 0.15) is 0 Å². The van der Waals surface area contributed by atoms with E-state index in [2.05, 4.69) is 37.6 Å². The SMILES string of the molecule is C=C/C(=C\C=C(/CC)c1ccccn1)CC. The molecule has 0 unspecified atom stereocenters. The maximum atomic E-state index is 4.36. The van der Waals surface area contributed by atoms with Gasteiger partial charge in [0.05, 0.1) is 5.69 Å². The average molecular weight is 213 g/mol. The molecule has 0 fully saturated rings. The molecule has 84 valence electrons. The van der Waals surface area contributed by atoms with Gasteiger partial charge in [-0.1, -0.05) is 44.7 Å². The lowest BCUT2D eigenvalue weighted by molar-refractivity contribution is 1.15. The van der Waals surface area contributed by atoms with Gasteiger partial charge in [-0.3, -0.25) is 4.98 Å². The first-order valence-corrected chi connectivity index (χ1v) is 5.75. The third kappa shape index (κ3) is 3.50. The van der Waals surface area contributed by atoms with Crippen molar-refractivity contribution in [1.82, 2.24) is 4.98 Å². The van der Waals surface area contributed by atoms with E-state index in [1.165, 1.54) is 11.1 Å². The van der Waals surface area contributed by atoms with E-state index in [0.717, 1.165) is 18.5 Å². The van der Waals surface area contributed by atoms with Crippen LogP contribution in [0.15, 0.2) is 54.8 Å². The van der Waals surface area contributed by atoms with E-state index < -0.39 is 0 Å².